The molecule has 0 aliphatic rings. The summed E-state index contributed by atoms with van der Waals surface area (Å²) in [5.74, 6) is -0.112. The summed E-state index contributed by atoms with van der Waals surface area (Å²) in [5, 5.41) is 0. The normalized spacial score (nSPS) is 12.9. The van der Waals surface area contributed by atoms with Crippen molar-refractivity contribution in [3.05, 3.63) is 0 Å². The molecule has 0 heterocycles. The van der Waals surface area contributed by atoms with Crippen LogP contribution in [-0.4, -0.2) is 32.4 Å². The van der Waals surface area contributed by atoms with Crippen molar-refractivity contribution in [2.75, 3.05) is 0 Å². The van der Waals surface area contributed by atoms with E-state index in [0.717, 1.165) is 0 Å². The van der Waals surface area contributed by atoms with Crippen molar-refractivity contribution in [2.45, 2.75) is 24.4 Å². The molecule has 1 atom stereocenters. The van der Waals surface area contributed by atoms with Crippen LogP contribution in [0.3, 0.4) is 0 Å². The van der Waals surface area contributed by atoms with Crippen molar-refractivity contribution in [3.63, 3.8) is 0 Å². The fourth-order valence-corrected chi connectivity index (χ4v) is 0.609. The first-order chi connectivity index (χ1) is 3.66. The number of carbonyl (C=O) groups is 1. The summed E-state index contributed by atoms with van der Waals surface area (Å²) in [6.07, 6.45) is 0.478. The standard InChI is InChI=1S/C5H10O2Te/c1-3-5(6)7-4(2)8/h4,8H,3H2,1-2H3. The maximum atomic E-state index is 10.4. The van der Waals surface area contributed by atoms with Crippen LogP contribution in [0.2, 0.25) is 0 Å². The van der Waals surface area contributed by atoms with E-state index in [1.807, 2.05) is 6.92 Å². The molecule has 0 spiro atoms. The molecule has 0 aliphatic heterocycles. The third-order valence-electron chi connectivity index (χ3n) is 0.591. The third-order valence-corrected chi connectivity index (χ3v) is 0.892. The van der Waals surface area contributed by atoms with Gasteiger partial charge in [-0.05, 0) is 0 Å². The van der Waals surface area contributed by atoms with Gasteiger partial charge in [0.1, 0.15) is 0 Å². The topological polar surface area (TPSA) is 26.3 Å². The van der Waals surface area contributed by atoms with Crippen LogP contribution in [-0.2, 0) is 9.53 Å². The van der Waals surface area contributed by atoms with Gasteiger partial charge in [-0.25, -0.2) is 0 Å². The van der Waals surface area contributed by atoms with Gasteiger partial charge >= 0.3 is 62.2 Å². The van der Waals surface area contributed by atoms with Gasteiger partial charge in [0.05, 0.1) is 0 Å². The van der Waals surface area contributed by atoms with Crippen LogP contribution in [0.25, 0.3) is 0 Å². The molecule has 0 aromatic heterocycles. The molecule has 48 valence electrons. The first-order valence-electron chi connectivity index (χ1n) is 2.54. The predicted octanol–water partition coefficient (Wildman–Crippen LogP) is 0.186. The first kappa shape index (κ1) is 8.26. The van der Waals surface area contributed by atoms with Crippen molar-refractivity contribution < 1.29 is 9.53 Å². The molecule has 0 fully saturated rings. The molecule has 0 saturated carbocycles. The van der Waals surface area contributed by atoms with E-state index in [1.165, 1.54) is 22.3 Å². The van der Waals surface area contributed by atoms with E-state index in [9.17, 15) is 4.79 Å². The summed E-state index contributed by atoms with van der Waals surface area (Å²) < 4.78 is 4.86. The van der Waals surface area contributed by atoms with Gasteiger partial charge in [-0.15, -0.1) is 0 Å². The molecule has 0 aromatic rings. The van der Waals surface area contributed by atoms with Crippen LogP contribution in [0.15, 0.2) is 0 Å². The van der Waals surface area contributed by atoms with Crippen LogP contribution < -0.4 is 0 Å². The molecular formula is C5H10O2Te. The number of ether oxygens (including phenoxy) is 1. The molecule has 0 saturated heterocycles. The molecule has 0 radical (unpaired) electrons. The second kappa shape index (κ2) is 4.17. The van der Waals surface area contributed by atoms with Gasteiger partial charge in [0.2, 0.25) is 0 Å². The van der Waals surface area contributed by atoms with Gasteiger partial charge in [0.15, 0.2) is 0 Å². The number of hydrogen-bond acceptors (Lipinski definition) is 2. The zero-order valence-electron chi connectivity index (χ0n) is 5.05. The summed E-state index contributed by atoms with van der Waals surface area (Å²) in [6.45, 7) is 3.65. The summed E-state index contributed by atoms with van der Waals surface area (Å²) >= 11 is 1.51. The molecule has 3 heteroatoms. The number of rotatable bonds is 2. The van der Waals surface area contributed by atoms with Crippen LogP contribution in [0.4, 0.5) is 0 Å². The molecule has 0 bridgehead atoms. The Hall–Kier alpha value is 0.260. The Balaban J connectivity index is 3.25. The monoisotopic (exact) mass is 232 g/mol. The molecule has 1 unspecified atom stereocenters. The molecule has 0 aliphatic carbocycles. The average Bonchev–Trinajstić information content (AvgIpc) is 1.65. The number of hydrogen-bond donors (Lipinski definition) is 0. The predicted molar refractivity (Wildman–Crippen MR) is 33.0 cm³/mol. The second-order valence-electron chi connectivity index (χ2n) is 1.44. The quantitative estimate of drug-likeness (QED) is 0.499. The van der Waals surface area contributed by atoms with E-state index in [-0.39, 0.29) is 10.1 Å². The summed E-state index contributed by atoms with van der Waals surface area (Å²) in [5.41, 5.74) is 0. The van der Waals surface area contributed by atoms with E-state index < -0.39 is 0 Å². The molecule has 0 aromatic carbocycles. The van der Waals surface area contributed by atoms with Crippen LogP contribution in [0.1, 0.15) is 20.3 Å². The fraction of sp³-hybridized carbons (Fsp3) is 0.800. The Morgan fingerprint density at radius 2 is 2.38 bits per heavy atom. The van der Waals surface area contributed by atoms with E-state index >= 15 is 0 Å². The molecule has 0 N–H and O–H groups in total. The Bertz CT molecular complexity index is 80.5. The van der Waals surface area contributed by atoms with Crippen molar-refractivity contribution in [1.82, 2.24) is 0 Å². The van der Waals surface area contributed by atoms with E-state index in [2.05, 4.69) is 0 Å². The summed E-state index contributed by atoms with van der Waals surface area (Å²) in [6, 6.07) is 0. The molecular weight excluding hydrogens is 220 g/mol. The molecule has 0 amide bonds. The van der Waals surface area contributed by atoms with Gasteiger partial charge in [-0.1, -0.05) is 0 Å². The van der Waals surface area contributed by atoms with Crippen LogP contribution in [0, 0.1) is 0 Å². The Labute approximate surface area is 62.5 Å². The minimum absolute atomic E-state index is 0.0800. The molecule has 8 heavy (non-hydrogen) atoms. The Morgan fingerprint density at radius 1 is 1.88 bits per heavy atom. The second-order valence-corrected chi connectivity index (χ2v) is 3.52. The third kappa shape index (κ3) is 4.42. The number of carbonyl (C=O) groups excluding carboxylic acids is 1. The van der Waals surface area contributed by atoms with Crippen molar-refractivity contribution >= 4 is 28.3 Å². The fourth-order valence-electron chi connectivity index (χ4n) is 0.274. The molecule has 2 nitrogen and oxygen atoms in total. The van der Waals surface area contributed by atoms with Crippen LogP contribution in [0.5, 0.6) is 0 Å². The SMILES string of the molecule is CCC(=O)OC(C)[TeH]. The zero-order chi connectivity index (χ0) is 6.57. The minimum atomic E-state index is -0.112. The van der Waals surface area contributed by atoms with Crippen molar-refractivity contribution in [2.24, 2.45) is 0 Å². The zero-order valence-corrected chi connectivity index (χ0v) is 7.60. The van der Waals surface area contributed by atoms with Gasteiger partial charge in [0, 0.05) is 0 Å². The van der Waals surface area contributed by atoms with Gasteiger partial charge in [0.25, 0.3) is 0 Å². The first-order valence-corrected chi connectivity index (χ1v) is 4.01. The Morgan fingerprint density at radius 3 is 2.50 bits per heavy atom. The van der Waals surface area contributed by atoms with E-state index in [4.69, 9.17) is 4.74 Å². The van der Waals surface area contributed by atoms with Gasteiger partial charge < -0.3 is 0 Å². The van der Waals surface area contributed by atoms with Gasteiger partial charge in [-0.2, -0.15) is 0 Å². The summed E-state index contributed by atoms with van der Waals surface area (Å²) in [4.78, 5) is 10.4. The van der Waals surface area contributed by atoms with E-state index in [0.29, 0.717) is 6.42 Å². The van der Waals surface area contributed by atoms with Crippen LogP contribution >= 0.6 is 0 Å². The molecule has 0 rings (SSSR count). The number of esters is 1. The average molecular weight is 230 g/mol. The maximum absolute atomic E-state index is 10.4. The van der Waals surface area contributed by atoms with Crippen molar-refractivity contribution in [1.29, 1.82) is 0 Å². The van der Waals surface area contributed by atoms with E-state index in [1.54, 1.807) is 6.92 Å². The van der Waals surface area contributed by atoms with Gasteiger partial charge in [-0.3, -0.25) is 0 Å². The van der Waals surface area contributed by atoms with Crippen molar-refractivity contribution in [3.8, 4) is 0 Å². The Kier molecular flexibility index (Phi) is 4.30. The summed E-state index contributed by atoms with van der Waals surface area (Å²) in [7, 11) is 0.